The molecular weight excluding hydrogens is 384 g/mol. The molecule has 0 saturated carbocycles. The molecule has 31 heavy (non-hydrogen) atoms. The van der Waals surface area contributed by atoms with E-state index in [9.17, 15) is 10.5 Å². The largest absolute Gasteiger partial charge is 0.494 e. The summed E-state index contributed by atoms with van der Waals surface area (Å²) in [6.07, 6.45) is 3.04. The smallest absolute Gasteiger partial charge is 0.119 e. The highest BCUT2D eigenvalue weighted by Gasteiger charge is 2.16. The maximum Gasteiger partial charge on any atom is 0.119 e. The van der Waals surface area contributed by atoms with Gasteiger partial charge in [0.15, 0.2) is 0 Å². The van der Waals surface area contributed by atoms with Gasteiger partial charge in [0.25, 0.3) is 0 Å². The number of unbranched alkanes of at least 4 members (excludes halogenated alkanes) is 1. The Kier molecular flexibility index (Phi) is 7.68. The fraction of sp³-hybridized carbons (Fsp3) is 0.259. The Morgan fingerprint density at radius 1 is 0.613 bits per heavy atom. The van der Waals surface area contributed by atoms with E-state index in [1.165, 1.54) is 0 Å². The third-order valence-corrected chi connectivity index (χ3v) is 5.00. The van der Waals surface area contributed by atoms with E-state index < -0.39 is 0 Å². The van der Waals surface area contributed by atoms with Gasteiger partial charge in [-0.3, -0.25) is 0 Å². The number of hydrogen-bond acceptors (Lipinski definition) is 4. The molecule has 0 atom stereocenters. The van der Waals surface area contributed by atoms with E-state index in [1.807, 2.05) is 60.7 Å². The van der Waals surface area contributed by atoms with E-state index in [0.717, 1.165) is 53.0 Å². The number of ether oxygens (including phenoxy) is 2. The SMILES string of the molecule is CCCCOc1ccc(-c2ccc(-c3ccc(OCCC)cc3)c(C#N)c2C#N)cc1. The second-order valence-corrected chi connectivity index (χ2v) is 7.23. The van der Waals surface area contributed by atoms with Gasteiger partial charge in [-0.1, -0.05) is 56.7 Å². The summed E-state index contributed by atoms with van der Waals surface area (Å²) in [5, 5.41) is 19.7. The maximum absolute atomic E-state index is 9.86. The van der Waals surface area contributed by atoms with Crippen LogP contribution in [0.2, 0.25) is 0 Å². The van der Waals surface area contributed by atoms with E-state index in [1.54, 1.807) is 0 Å². The minimum atomic E-state index is 0.380. The van der Waals surface area contributed by atoms with Gasteiger partial charge in [-0.15, -0.1) is 0 Å². The van der Waals surface area contributed by atoms with Gasteiger partial charge < -0.3 is 9.47 Å². The Morgan fingerprint density at radius 2 is 1.06 bits per heavy atom. The summed E-state index contributed by atoms with van der Waals surface area (Å²) in [5.41, 5.74) is 4.00. The lowest BCUT2D eigenvalue weighted by Crippen LogP contribution is -1.97. The summed E-state index contributed by atoms with van der Waals surface area (Å²) in [6, 6.07) is 23.6. The van der Waals surface area contributed by atoms with Gasteiger partial charge in [0, 0.05) is 11.1 Å². The highest BCUT2D eigenvalue weighted by Crippen LogP contribution is 2.34. The van der Waals surface area contributed by atoms with Crippen molar-refractivity contribution < 1.29 is 9.47 Å². The second-order valence-electron chi connectivity index (χ2n) is 7.23. The molecule has 0 aliphatic rings. The molecule has 0 aromatic heterocycles. The zero-order valence-electron chi connectivity index (χ0n) is 18.0. The molecule has 0 heterocycles. The third-order valence-electron chi connectivity index (χ3n) is 5.00. The van der Waals surface area contributed by atoms with Crippen molar-refractivity contribution in [2.45, 2.75) is 33.1 Å². The summed E-state index contributed by atoms with van der Waals surface area (Å²) < 4.78 is 11.4. The Balaban J connectivity index is 1.93. The lowest BCUT2D eigenvalue weighted by Gasteiger charge is -2.12. The highest BCUT2D eigenvalue weighted by molar-refractivity contribution is 5.82. The quantitative estimate of drug-likeness (QED) is 0.367. The molecule has 0 amide bonds. The van der Waals surface area contributed by atoms with Gasteiger partial charge in [0.2, 0.25) is 0 Å². The van der Waals surface area contributed by atoms with Crippen LogP contribution in [0.4, 0.5) is 0 Å². The molecule has 0 bridgehead atoms. The second kappa shape index (κ2) is 10.9. The van der Waals surface area contributed by atoms with Crippen molar-refractivity contribution in [1.29, 1.82) is 10.5 Å². The van der Waals surface area contributed by atoms with Gasteiger partial charge in [-0.05, 0) is 48.2 Å². The number of nitrogens with zero attached hydrogens (tertiary/aromatic N) is 2. The zero-order chi connectivity index (χ0) is 22.1. The molecule has 4 heteroatoms. The average molecular weight is 411 g/mol. The predicted molar refractivity (Wildman–Crippen MR) is 123 cm³/mol. The van der Waals surface area contributed by atoms with E-state index in [-0.39, 0.29) is 0 Å². The lowest BCUT2D eigenvalue weighted by atomic mass is 9.90. The van der Waals surface area contributed by atoms with E-state index in [0.29, 0.717) is 24.3 Å². The van der Waals surface area contributed by atoms with Gasteiger partial charge >= 0.3 is 0 Å². The van der Waals surface area contributed by atoms with E-state index >= 15 is 0 Å². The first-order valence-electron chi connectivity index (χ1n) is 10.7. The first-order chi connectivity index (χ1) is 15.2. The van der Waals surface area contributed by atoms with Gasteiger partial charge in [-0.2, -0.15) is 10.5 Å². The number of rotatable bonds is 9. The predicted octanol–water partition coefficient (Wildman–Crippen LogP) is 6.73. The van der Waals surface area contributed by atoms with Crippen LogP contribution < -0.4 is 9.47 Å². The molecule has 0 saturated heterocycles. The first kappa shape index (κ1) is 21.9. The molecule has 3 aromatic carbocycles. The van der Waals surface area contributed by atoms with Crippen molar-refractivity contribution in [2.24, 2.45) is 0 Å². The number of hydrogen-bond donors (Lipinski definition) is 0. The van der Waals surface area contributed by atoms with Crippen LogP contribution in [0.1, 0.15) is 44.2 Å². The molecule has 0 radical (unpaired) electrons. The standard InChI is InChI=1S/C27H26N2O2/c1-3-5-17-31-23-12-8-21(9-13-23)25-15-14-24(26(18-28)27(25)19-29)20-6-10-22(11-7-20)30-16-4-2/h6-15H,3-5,16-17H2,1-2H3. The normalized spacial score (nSPS) is 10.2. The van der Waals surface area contributed by atoms with Gasteiger partial charge in [-0.25, -0.2) is 0 Å². The van der Waals surface area contributed by atoms with Gasteiger partial charge in [0.1, 0.15) is 23.6 Å². The summed E-state index contributed by atoms with van der Waals surface area (Å²) in [7, 11) is 0. The summed E-state index contributed by atoms with van der Waals surface area (Å²) in [6.45, 7) is 5.54. The Bertz CT molecular complexity index is 1090. The number of nitriles is 2. The molecule has 0 unspecified atom stereocenters. The van der Waals surface area contributed by atoms with E-state index in [4.69, 9.17) is 9.47 Å². The van der Waals surface area contributed by atoms with Crippen molar-refractivity contribution in [3.8, 4) is 45.9 Å². The van der Waals surface area contributed by atoms with Crippen LogP contribution in [-0.2, 0) is 0 Å². The van der Waals surface area contributed by atoms with Crippen molar-refractivity contribution >= 4 is 0 Å². The van der Waals surface area contributed by atoms with E-state index in [2.05, 4.69) is 26.0 Å². The van der Waals surface area contributed by atoms with Crippen LogP contribution in [0.25, 0.3) is 22.3 Å². The molecule has 0 aliphatic heterocycles. The fourth-order valence-electron chi connectivity index (χ4n) is 3.33. The molecule has 0 fully saturated rings. The Hall–Kier alpha value is -3.76. The van der Waals surface area contributed by atoms with Crippen LogP contribution in [0.15, 0.2) is 60.7 Å². The summed E-state index contributed by atoms with van der Waals surface area (Å²) in [5.74, 6) is 1.60. The molecule has 4 nitrogen and oxygen atoms in total. The zero-order valence-corrected chi connectivity index (χ0v) is 18.0. The molecular formula is C27H26N2O2. The van der Waals surface area contributed by atoms with Crippen LogP contribution in [0, 0.1) is 22.7 Å². The Morgan fingerprint density at radius 3 is 1.45 bits per heavy atom. The van der Waals surface area contributed by atoms with Crippen LogP contribution in [0.5, 0.6) is 11.5 Å². The molecule has 156 valence electrons. The molecule has 3 rings (SSSR count). The van der Waals surface area contributed by atoms with Crippen molar-refractivity contribution in [1.82, 2.24) is 0 Å². The van der Waals surface area contributed by atoms with Gasteiger partial charge in [0.05, 0.1) is 24.3 Å². The van der Waals surface area contributed by atoms with Crippen molar-refractivity contribution in [3.05, 3.63) is 71.8 Å². The van der Waals surface area contributed by atoms with Crippen LogP contribution in [0.3, 0.4) is 0 Å². The fourth-order valence-corrected chi connectivity index (χ4v) is 3.33. The molecule has 0 N–H and O–H groups in total. The third kappa shape index (κ3) is 5.24. The highest BCUT2D eigenvalue weighted by atomic mass is 16.5. The minimum absolute atomic E-state index is 0.380. The Labute approximate surface area is 184 Å². The summed E-state index contributed by atoms with van der Waals surface area (Å²) in [4.78, 5) is 0. The average Bonchev–Trinajstić information content (AvgIpc) is 2.82. The summed E-state index contributed by atoms with van der Waals surface area (Å²) >= 11 is 0. The van der Waals surface area contributed by atoms with Crippen molar-refractivity contribution in [3.63, 3.8) is 0 Å². The van der Waals surface area contributed by atoms with Crippen molar-refractivity contribution in [2.75, 3.05) is 13.2 Å². The maximum atomic E-state index is 9.86. The number of benzene rings is 3. The monoisotopic (exact) mass is 410 g/mol. The first-order valence-corrected chi connectivity index (χ1v) is 10.7. The van der Waals surface area contributed by atoms with Crippen LogP contribution >= 0.6 is 0 Å². The minimum Gasteiger partial charge on any atom is -0.494 e. The molecule has 0 spiro atoms. The lowest BCUT2D eigenvalue weighted by molar-refractivity contribution is 0.309. The van der Waals surface area contributed by atoms with Crippen LogP contribution in [-0.4, -0.2) is 13.2 Å². The topological polar surface area (TPSA) is 66.0 Å². The molecule has 3 aromatic rings. The molecule has 0 aliphatic carbocycles.